The van der Waals surface area contributed by atoms with Gasteiger partial charge in [0.1, 0.15) is 0 Å². The van der Waals surface area contributed by atoms with Crippen LogP contribution in [-0.2, 0) is 10.0 Å². The zero-order valence-electron chi connectivity index (χ0n) is 8.97. The summed E-state index contributed by atoms with van der Waals surface area (Å²) in [5.74, 6) is -0.666. The Balaban J connectivity index is 2.30. The molecule has 2 rings (SSSR count). The number of halogens is 2. The molecule has 0 aliphatic heterocycles. The number of sulfonamides is 1. The molecule has 1 N–H and O–H groups in total. The van der Waals surface area contributed by atoms with Crippen molar-refractivity contribution in [3.8, 4) is 0 Å². The minimum Gasteiger partial charge on any atom is -0.278 e. The molecule has 0 aliphatic carbocycles. The maximum Gasteiger partial charge on any atom is 0.261 e. The monoisotopic (exact) mass is 330 g/mol. The number of hydrogen-bond donors (Lipinski definition) is 1. The van der Waals surface area contributed by atoms with Crippen LogP contribution in [0.5, 0.6) is 0 Å². The van der Waals surface area contributed by atoms with Crippen molar-refractivity contribution in [1.82, 2.24) is 4.98 Å². The fourth-order valence-corrected chi connectivity index (χ4v) is 2.92. The number of nitrogens with one attached hydrogen (secondary N) is 1. The van der Waals surface area contributed by atoms with Crippen LogP contribution in [0.4, 0.5) is 10.1 Å². The molecule has 0 amide bonds. The third-order valence-corrected chi connectivity index (χ3v) is 3.96. The molecular weight excluding hydrogens is 323 g/mol. The molecule has 18 heavy (non-hydrogen) atoms. The molecule has 1 heterocycles. The van der Waals surface area contributed by atoms with Crippen LogP contribution in [0.3, 0.4) is 0 Å². The largest absolute Gasteiger partial charge is 0.278 e. The van der Waals surface area contributed by atoms with Gasteiger partial charge < -0.3 is 0 Å². The number of rotatable bonds is 3. The van der Waals surface area contributed by atoms with Crippen molar-refractivity contribution < 1.29 is 12.8 Å². The van der Waals surface area contributed by atoms with Crippen LogP contribution in [0.25, 0.3) is 0 Å². The molecule has 7 heteroatoms. The highest BCUT2D eigenvalue weighted by molar-refractivity contribution is 9.10. The van der Waals surface area contributed by atoms with E-state index in [1.165, 1.54) is 18.2 Å². The SMILES string of the molecule is O=S(=O)(Nc1ccc(F)nc1)c1cccc(Br)c1. The first-order chi connectivity index (χ1) is 8.47. The van der Waals surface area contributed by atoms with Crippen LogP contribution >= 0.6 is 15.9 Å². The molecule has 2 aromatic rings. The third kappa shape index (κ3) is 3.05. The molecule has 0 saturated carbocycles. The van der Waals surface area contributed by atoms with Gasteiger partial charge in [-0.25, -0.2) is 13.4 Å². The number of anilines is 1. The smallest absolute Gasteiger partial charge is 0.261 e. The van der Waals surface area contributed by atoms with Crippen molar-refractivity contribution in [2.24, 2.45) is 0 Å². The van der Waals surface area contributed by atoms with Gasteiger partial charge in [0, 0.05) is 4.47 Å². The lowest BCUT2D eigenvalue weighted by Gasteiger charge is -2.07. The van der Waals surface area contributed by atoms with Gasteiger partial charge in [-0.3, -0.25) is 4.72 Å². The molecule has 0 atom stereocenters. The van der Waals surface area contributed by atoms with Gasteiger partial charge in [0.25, 0.3) is 10.0 Å². The molecule has 0 radical (unpaired) electrons. The molecule has 4 nitrogen and oxygen atoms in total. The van der Waals surface area contributed by atoms with Gasteiger partial charge in [0.2, 0.25) is 5.95 Å². The van der Waals surface area contributed by atoms with Crippen molar-refractivity contribution in [1.29, 1.82) is 0 Å². The van der Waals surface area contributed by atoms with E-state index < -0.39 is 16.0 Å². The highest BCUT2D eigenvalue weighted by Crippen LogP contribution is 2.19. The minimum atomic E-state index is -3.69. The standard InChI is InChI=1S/C11H8BrFN2O2S/c12-8-2-1-3-10(6-8)18(16,17)15-9-4-5-11(13)14-7-9/h1-7,15H. The Kier molecular flexibility index (Phi) is 3.63. The highest BCUT2D eigenvalue weighted by atomic mass is 79.9. The summed E-state index contributed by atoms with van der Waals surface area (Å²) in [5, 5.41) is 0. The first-order valence-electron chi connectivity index (χ1n) is 4.87. The zero-order chi connectivity index (χ0) is 13.2. The Hall–Kier alpha value is -1.47. The second-order valence-corrected chi connectivity index (χ2v) is 6.03. The van der Waals surface area contributed by atoms with E-state index in [1.807, 2.05) is 0 Å². The third-order valence-electron chi connectivity index (χ3n) is 2.09. The topological polar surface area (TPSA) is 59.1 Å². The predicted molar refractivity (Wildman–Crippen MR) is 69.1 cm³/mol. The van der Waals surface area contributed by atoms with E-state index in [0.29, 0.717) is 4.47 Å². The summed E-state index contributed by atoms with van der Waals surface area (Å²) >= 11 is 3.20. The van der Waals surface area contributed by atoms with Crippen LogP contribution in [0, 0.1) is 5.95 Å². The number of hydrogen-bond acceptors (Lipinski definition) is 3. The van der Waals surface area contributed by atoms with E-state index in [2.05, 4.69) is 25.6 Å². The maximum absolute atomic E-state index is 12.6. The van der Waals surface area contributed by atoms with Gasteiger partial charge in [-0.05, 0) is 30.3 Å². The van der Waals surface area contributed by atoms with Crippen molar-refractivity contribution in [2.45, 2.75) is 4.90 Å². The molecule has 1 aromatic carbocycles. The van der Waals surface area contributed by atoms with E-state index in [1.54, 1.807) is 12.1 Å². The van der Waals surface area contributed by atoms with Gasteiger partial charge in [-0.2, -0.15) is 4.39 Å². The molecule has 0 aliphatic rings. The molecule has 1 aromatic heterocycles. The summed E-state index contributed by atoms with van der Waals surface area (Å²) in [6.45, 7) is 0. The van der Waals surface area contributed by atoms with Crippen molar-refractivity contribution in [3.63, 3.8) is 0 Å². The number of aromatic nitrogens is 1. The van der Waals surface area contributed by atoms with E-state index in [0.717, 1.165) is 12.3 Å². The number of benzene rings is 1. The average molecular weight is 331 g/mol. The maximum atomic E-state index is 12.6. The van der Waals surface area contributed by atoms with Crippen molar-refractivity contribution in [2.75, 3.05) is 4.72 Å². The molecule has 0 saturated heterocycles. The lowest BCUT2D eigenvalue weighted by atomic mass is 10.4. The molecule has 0 unspecified atom stereocenters. The van der Waals surface area contributed by atoms with Crippen LogP contribution in [0.1, 0.15) is 0 Å². The van der Waals surface area contributed by atoms with E-state index in [9.17, 15) is 12.8 Å². The Bertz CT molecular complexity index is 659. The quantitative estimate of drug-likeness (QED) is 0.880. The van der Waals surface area contributed by atoms with Gasteiger partial charge >= 0.3 is 0 Å². The zero-order valence-corrected chi connectivity index (χ0v) is 11.4. The minimum absolute atomic E-state index is 0.112. The predicted octanol–water partition coefficient (Wildman–Crippen LogP) is 2.78. The highest BCUT2D eigenvalue weighted by Gasteiger charge is 2.14. The van der Waals surface area contributed by atoms with Crippen LogP contribution in [-0.4, -0.2) is 13.4 Å². The first kappa shape index (κ1) is 13.0. The Labute approximate surface area is 112 Å². The fraction of sp³-hybridized carbons (Fsp3) is 0. The number of nitrogens with zero attached hydrogens (tertiary/aromatic N) is 1. The van der Waals surface area contributed by atoms with Gasteiger partial charge in [0.05, 0.1) is 16.8 Å². The van der Waals surface area contributed by atoms with Crippen LogP contribution in [0.15, 0.2) is 52.0 Å². The average Bonchev–Trinajstić information content (AvgIpc) is 2.32. The van der Waals surface area contributed by atoms with Crippen molar-refractivity contribution in [3.05, 3.63) is 53.0 Å². The summed E-state index contributed by atoms with van der Waals surface area (Å²) in [6, 6.07) is 8.65. The van der Waals surface area contributed by atoms with Crippen LogP contribution in [0.2, 0.25) is 0 Å². The molecule has 0 bridgehead atoms. The Morgan fingerprint density at radius 3 is 2.61 bits per heavy atom. The molecule has 0 fully saturated rings. The van der Waals surface area contributed by atoms with E-state index in [-0.39, 0.29) is 10.6 Å². The second kappa shape index (κ2) is 5.03. The number of pyridine rings is 1. The van der Waals surface area contributed by atoms with Gasteiger partial charge in [0.15, 0.2) is 0 Å². The summed E-state index contributed by atoms with van der Waals surface area (Å²) in [7, 11) is -3.69. The molecule has 0 spiro atoms. The van der Waals surface area contributed by atoms with E-state index >= 15 is 0 Å². The Morgan fingerprint density at radius 1 is 1.22 bits per heavy atom. The summed E-state index contributed by atoms with van der Waals surface area (Å²) in [5.41, 5.74) is 0.205. The summed E-state index contributed by atoms with van der Waals surface area (Å²) in [4.78, 5) is 3.48. The summed E-state index contributed by atoms with van der Waals surface area (Å²) < 4.78 is 39.5. The normalized spacial score (nSPS) is 11.2. The van der Waals surface area contributed by atoms with Crippen LogP contribution < -0.4 is 4.72 Å². The second-order valence-electron chi connectivity index (χ2n) is 3.43. The molecular formula is C11H8BrFN2O2S. The van der Waals surface area contributed by atoms with Gasteiger partial charge in [-0.15, -0.1) is 0 Å². The van der Waals surface area contributed by atoms with Crippen molar-refractivity contribution >= 4 is 31.6 Å². The van der Waals surface area contributed by atoms with Gasteiger partial charge in [-0.1, -0.05) is 22.0 Å². The lowest BCUT2D eigenvalue weighted by Crippen LogP contribution is -2.13. The Morgan fingerprint density at radius 2 is 2.00 bits per heavy atom. The first-order valence-corrected chi connectivity index (χ1v) is 7.15. The van der Waals surface area contributed by atoms with E-state index in [4.69, 9.17) is 0 Å². The summed E-state index contributed by atoms with van der Waals surface area (Å²) in [6.07, 6.45) is 1.12. The molecule has 94 valence electrons. The fourth-order valence-electron chi connectivity index (χ4n) is 1.28. The lowest BCUT2D eigenvalue weighted by molar-refractivity contribution is 0.583.